The van der Waals surface area contributed by atoms with Crippen molar-refractivity contribution >= 4 is 35.3 Å². The normalized spacial score (nSPS) is 29.1. The van der Waals surface area contributed by atoms with Crippen LogP contribution in [0.25, 0.3) is 0 Å². The lowest BCUT2D eigenvalue weighted by Gasteiger charge is -2.31. The molecular formula is C22H27Cl2N3O4. The summed E-state index contributed by atoms with van der Waals surface area (Å²) in [5.74, 6) is 1.04. The number of rotatable bonds is 7. The van der Waals surface area contributed by atoms with Crippen LogP contribution < -0.4 is 5.32 Å². The highest BCUT2D eigenvalue weighted by Gasteiger charge is 2.32. The molecule has 0 aromatic carbocycles. The van der Waals surface area contributed by atoms with Crippen molar-refractivity contribution in [3.63, 3.8) is 0 Å². The molecule has 0 amide bonds. The van der Waals surface area contributed by atoms with Crippen LogP contribution in [-0.4, -0.2) is 57.4 Å². The third-order valence-electron chi connectivity index (χ3n) is 4.87. The summed E-state index contributed by atoms with van der Waals surface area (Å²) < 4.78 is 23.1. The van der Waals surface area contributed by atoms with Crippen LogP contribution in [0.1, 0.15) is 13.8 Å². The summed E-state index contributed by atoms with van der Waals surface area (Å²) in [6.45, 7) is 8.94. The second-order valence-corrected chi connectivity index (χ2v) is 8.10. The molecular weight excluding hydrogens is 441 g/mol. The van der Waals surface area contributed by atoms with E-state index in [4.69, 9.17) is 42.1 Å². The minimum Gasteiger partial charge on any atom is -0.493 e. The molecule has 0 radical (unpaired) electrons. The summed E-state index contributed by atoms with van der Waals surface area (Å²) in [7, 11) is 1.60. The van der Waals surface area contributed by atoms with Gasteiger partial charge in [-0.3, -0.25) is 0 Å². The van der Waals surface area contributed by atoms with Gasteiger partial charge in [-0.15, -0.1) is 0 Å². The lowest BCUT2D eigenvalue weighted by molar-refractivity contribution is 0.00145. The monoisotopic (exact) mass is 467 g/mol. The number of ether oxygens (including phenoxy) is 4. The van der Waals surface area contributed by atoms with Gasteiger partial charge in [-0.2, -0.15) is 0 Å². The molecule has 1 saturated heterocycles. The summed E-state index contributed by atoms with van der Waals surface area (Å²) in [5.41, 5.74) is 1.56. The predicted octanol–water partition coefficient (Wildman–Crippen LogP) is 4.03. The molecule has 0 saturated carbocycles. The molecule has 3 aliphatic rings. The second-order valence-electron chi connectivity index (χ2n) is 7.24. The van der Waals surface area contributed by atoms with Crippen molar-refractivity contribution in [2.45, 2.75) is 32.2 Å². The Balaban J connectivity index is 1.75. The molecule has 2 heterocycles. The van der Waals surface area contributed by atoms with Crippen LogP contribution in [0.2, 0.25) is 0 Å². The minimum atomic E-state index is -0.309. The number of halogens is 2. The zero-order valence-corrected chi connectivity index (χ0v) is 19.3. The molecule has 4 atom stereocenters. The van der Waals surface area contributed by atoms with E-state index in [9.17, 15) is 0 Å². The van der Waals surface area contributed by atoms with Crippen LogP contribution in [0, 0.1) is 5.92 Å². The molecule has 1 fully saturated rings. The molecule has 1 N–H and O–H groups in total. The van der Waals surface area contributed by atoms with E-state index in [0.717, 1.165) is 11.4 Å². The third kappa shape index (κ3) is 6.23. The number of nitrogens with zero attached hydrogens (tertiary/aromatic N) is 2. The van der Waals surface area contributed by atoms with Crippen molar-refractivity contribution in [1.29, 1.82) is 0 Å². The molecule has 1 aliphatic carbocycles. The smallest absolute Gasteiger partial charge is 0.163 e. The van der Waals surface area contributed by atoms with Gasteiger partial charge in [-0.05, 0) is 26.0 Å². The first-order valence-electron chi connectivity index (χ1n) is 9.99. The first-order valence-corrected chi connectivity index (χ1v) is 10.7. The molecule has 2 aliphatic heterocycles. The van der Waals surface area contributed by atoms with Gasteiger partial charge >= 0.3 is 0 Å². The molecule has 0 bridgehead atoms. The molecule has 0 aromatic rings. The molecule has 168 valence electrons. The standard InChI is InChI=1S/C22H27Cl2N3O4/c1-5-15(6-18(24)14(3)23)27-22-17-7-20(28-4)21(8-19(17)25-12-26-22)31-16-10-29-9-13(2)30-11-16/h5-8,12-13,16-17,22,27H,3,9-11H2,1-2,4H3/b15-5+,18-6+/t13?,16-,17?,22?/m0/s1. The minimum absolute atomic E-state index is 0.0425. The molecule has 0 spiro atoms. The van der Waals surface area contributed by atoms with Gasteiger partial charge in [0.15, 0.2) is 11.5 Å². The molecule has 3 unspecified atom stereocenters. The van der Waals surface area contributed by atoms with Gasteiger partial charge in [0.2, 0.25) is 0 Å². The fraction of sp³-hybridized carbons (Fsp3) is 0.455. The maximum Gasteiger partial charge on any atom is 0.163 e. The van der Waals surface area contributed by atoms with Gasteiger partial charge in [0, 0.05) is 11.8 Å². The van der Waals surface area contributed by atoms with Crippen LogP contribution in [0.3, 0.4) is 0 Å². The largest absolute Gasteiger partial charge is 0.493 e. The van der Waals surface area contributed by atoms with E-state index in [0.29, 0.717) is 36.4 Å². The Morgan fingerprint density at radius 3 is 2.81 bits per heavy atom. The summed E-state index contributed by atoms with van der Waals surface area (Å²) in [6.07, 6.45) is 8.44. The average Bonchev–Trinajstić information content (AvgIpc) is 2.96. The lowest BCUT2D eigenvalue weighted by atomic mass is 9.92. The quantitative estimate of drug-likeness (QED) is 0.572. The fourth-order valence-electron chi connectivity index (χ4n) is 3.24. The summed E-state index contributed by atoms with van der Waals surface area (Å²) in [5, 5.41) is 3.97. The SMILES string of the molecule is C=C(Cl)/C(Cl)=C\C(=C/C)NC1N=CN=C2C=C(O[C@H]3COCC(C)OC3)C(OC)=CC21. The molecule has 31 heavy (non-hydrogen) atoms. The molecule has 3 rings (SSSR count). The maximum atomic E-state index is 6.14. The van der Waals surface area contributed by atoms with Crippen molar-refractivity contribution in [3.8, 4) is 0 Å². The highest BCUT2D eigenvalue weighted by atomic mass is 35.5. The zero-order valence-electron chi connectivity index (χ0n) is 17.8. The molecule has 9 heteroatoms. The van der Waals surface area contributed by atoms with E-state index in [2.05, 4.69) is 21.9 Å². The van der Waals surface area contributed by atoms with E-state index >= 15 is 0 Å². The van der Waals surface area contributed by atoms with E-state index < -0.39 is 0 Å². The Morgan fingerprint density at radius 2 is 2.10 bits per heavy atom. The second kappa shape index (κ2) is 11.0. The van der Waals surface area contributed by atoms with Crippen molar-refractivity contribution in [2.75, 3.05) is 26.9 Å². The summed E-state index contributed by atoms with van der Waals surface area (Å²) in [4.78, 5) is 8.92. The number of hydrogen-bond acceptors (Lipinski definition) is 7. The number of hydrogen-bond donors (Lipinski definition) is 1. The summed E-state index contributed by atoms with van der Waals surface area (Å²) in [6, 6.07) is 0. The van der Waals surface area contributed by atoms with E-state index in [1.165, 1.54) is 6.34 Å². The van der Waals surface area contributed by atoms with Gasteiger partial charge < -0.3 is 24.3 Å². The fourth-order valence-corrected chi connectivity index (χ4v) is 3.41. The van der Waals surface area contributed by atoms with Crippen LogP contribution in [0.5, 0.6) is 0 Å². The Kier molecular flexibility index (Phi) is 8.37. The van der Waals surface area contributed by atoms with E-state index in [1.54, 1.807) is 13.2 Å². The Bertz CT molecular complexity index is 876. The van der Waals surface area contributed by atoms with Crippen molar-refractivity contribution in [3.05, 3.63) is 58.2 Å². The first-order chi connectivity index (χ1) is 14.9. The van der Waals surface area contributed by atoms with Crippen LogP contribution in [-0.2, 0) is 18.9 Å². The average molecular weight is 468 g/mol. The Hall–Kier alpha value is -2.06. The first kappa shape index (κ1) is 23.6. The van der Waals surface area contributed by atoms with Crippen LogP contribution in [0.4, 0.5) is 0 Å². The van der Waals surface area contributed by atoms with Crippen molar-refractivity contribution in [2.24, 2.45) is 15.9 Å². The highest BCUT2D eigenvalue weighted by molar-refractivity contribution is 6.43. The molecule has 0 aromatic heterocycles. The van der Waals surface area contributed by atoms with Crippen LogP contribution >= 0.6 is 23.2 Å². The van der Waals surface area contributed by atoms with E-state index in [-0.39, 0.29) is 29.3 Å². The number of aliphatic imine (C=N–C) groups is 2. The van der Waals surface area contributed by atoms with Gasteiger partial charge in [0.25, 0.3) is 0 Å². The number of allylic oxidation sites excluding steroid dienone is 5. The van der Waals surface area contributed by atoms with Gasteiger partial charge in [0.05, 0.1) is 54.7 Å². The van der Waals surface area contributed by atoms with Gasteiger partial charge in [0.1, 0.15) is 18.6 Å². The molecule has 7 nitrogen and oxygen atoms in total. The van der Waals surface area contributed by atoms with Crippen molar-refractivity contribution < 1.29 is 18.9 Å². The topological polar surface area (TPSA) is 73.7 Å². The summed E-state index contributed by atoms with van der Waals surface area (Å²) >= 11 is 12.0. The Labute approximate surface area is 192 Å². The highest BCUT2D eigenvalue weighted by Crippen LogP contribution is 2.29. The van der Waals surface area contributed by atoms with Crippen molar-refractivity contribution in [1.82, 2.24) is 5.32 Å². The number of methoxy groups -OCH3 is 1. The van der Waals surface area contributed by atoms with Crippen LogP contribution in [0.15, 0.2) is 68.1 Å². The zero-order chi connectivity index (χ0) is 22.4. The number of fused-ring (bicyclic) bond motifs is 1. The van der Waals surface area contributed by atoms with Gasteiger partial charge in [-0.1, -0.05) is 35.9 Å². The predicted molar refractivity (Wildman–Crippen MR) is 123 cm³/mol. The maximum absolute atomic E-state index is 6.14. The lowest BCUT2D eigenvalue weighted by Crippen LogP contribution is -2.40. The van der Waals surface area contributed by atoms with Gasteiger partial charge in [-0.25, -0.2) is 9.98 Å². The van der Waals surface area contributed by atoms with E-state index in [1.807, 2.05) is 32.1 Å². The Morgan fingerprint density at radius 1 is 1.29 bits per heavy atom. The third-order valence-corrected chi connectivity index (χ3v) is 5.51. The number of nitrogens with one attached hydrogen (secondary N) is 1.